The van der Waals surface area contributed by atoms with E-state index in [1.807, 2.05) is 0 Å². The Morgan fingerprint density at radius 3 is 0.939 bits per heavy atom. The van der Waals surface area contributed by atoms with Crippen molar-refractivity contribution < 1.29 is 22.7 Å². The number of unbranched alkanes of at least 4 members (excludes halogenated alkanes) is 36. The summed E-state index contributed by atoms with van der Waals surface area (Å²) in [5.74, 6) is 14.4. The second-order valence-electron chi connectivity index (χ2n) is 24.4. The topological polar surface area (TPSA) is 25.3 Å². The van der Waals surface area contributed by atoms with E-state index in [1.165, 1.54) is 298 Å². The Kier molecular flexibility index (Phi) is 50.5. The van der Waals surface area contributed by atoms with Gasteiger partial charge in [-0.05, 0) is 105 Å². The van der Waals surface area contributed by atoms with Crippen molar-refractivity contribution in [2.45, 2.75) is 380 Å². The summed E-state index contributed by atoms with van der Waals surface area (Å²) in [5.41, 5.74) is 25.7. The number of hydrogen-bond acceptors (Lipinski definition) is 0. The Balaban J connectivity index is 0.00000439. The van der Waals surface area contributed by atoms with Gasteiger partial charge in [-0.1, -0.05) is 284 Å². The minimum atomic E-state index is 0.857. The van der Waals surface area contributed by atoms with Crippen LogP contribution in [0.3, 0.4) is 0 Å². The number of benzene rings is 2. The number of hydrogen-bond donors (Lipinski definition) is 0. The molecular weight excluding hydrogens is 1080 g/mol. The van der Waals surface area contributed by atoms with Gasteiger partial charge >= 0.3 is 41.6 Å². The summed E-state index contributed by atoms with van der Waals surface area (Å²) in [5, 5.41) is 0. The summed E-state index contributed by atoms with van der Waals surface area (Å²) in [6.45, 7) is 18.3. The van der Waals surface area contributed by atoms with Crippen molar-refractivity contribution in [2.75, 3.05) is 0 Å². The molecule has 0 unspecified atom stereocenters. The van der Waals surface area contributed by atoms with Crippen molar-refractivity contribution in [3.8, 4) is 23.7 Å². The van der Waals surface area contributed by atoms with Gasteiger partial charge in [-0.25, -0.2) is 4.70 Å². The Labute approximate surface area is 520 Å². The van der Waals surface area contributed by atoms with E-state index < -0.39 is 0 Å². The van der Waals surface area contributed by atoms with Crippen LogP contribution in [0.15, 0.2) is 47.5 Å². The second-order valence-corrected chi connectivity index (χ2v) is 27.4. The van der Waals surface area contributed by atoms with Crippen LogP contribution in [0.1, 0.15) is 378 Å². The summed E-state index contributed by atoms with van der Waals surface area (Å²) >= 11 is 1.04. The molecule has 0 fully saturated rings. The minimum absolute atomic E-state index is 0.857. The molecule has 0 atom stereocenters. The van der Waals surface area contributed by atoms with Crippen molar-refractivity contribution in [3.05, 3.63) is 86.5 Å². The Morgan fingerprint density at radius 1 is 0.317 bits per heavy atom. The van der Waals surface area contributed by atoms with E-state index in [1.54, 1.807) is 4.70 Å². The summed E-state index contributed by atoms with van der Waals surface area (Å²) in [6, 6.07) is 14.5. The fraction of sp³-hybridized carbons (Fsp3) is 0.747. The molecule has 0 aliphatic carbocycles. The van der Waals surface area contributed by atoms with Crippen LogP contribution in [-0.4, -0.2) is 4.70 Å². The van der Waals surface area contributed by atoms with Crippen LogP contribution in [0.4, 0.5) is 0 Å². The zero-order valence-corrected chi connectivity index (χ0v) is 57.3. The molecule has 0 amide bonds. The molecule has 0 bridgehead atoms. The van der Waals surface area contributed by atoms with Crippen LogP contribution in [0, 0.1) is 23.7 Å². The van der Waals surface area contributed by atoms with E-state index in [0.29, 0.717) is 0 Å². The molecular formula is C79H132N2Pd. The van der Waals surface area contributed by atoms with E-state index in [4.69, 9.17) is 0 Å². The molecule has 468 valence electrons. The molecule has 0 radical (unpaired) electrons. The monoisotopic (exact) mass is 1210 g/mol. The van der Waals surface area contributed by atoms with Crippen molar-refractivity contribution in [3.63, 3.8) is 0 Å². The van der Waals surface area contributed by atoms with Crippen LogP contribution in [0.25, 0.3) is 16.9 Å². The molecule has 0 aromatic heterocycles. The third-order valence-corrected chi connectivity index (χ3v) is 18.7. The second kappa shape index (κ2) is 54.9. The van der Waals surface area contributed by atoms with Crippen LogP contribution in [0.2, 0.25) is 9.79 Å². The molecule has 0 spiro atoms. The standard InChI is InChI=1S/C75H122N2.2C2H5.Pd/c1-7-13-18-22-24-26-28-30-32-34-36-38-40-42-44-46-48-53-57-68-62-60-66(55-51-20-15-9-3)64-72(68)74-70(12-6)71(59-50-17-11-5)75(77(74)76)73-65-67(56-52-21-16-10-4)61-63-69(73)58-54-49-47-45-43-41-39-37-35-33-31-29-27-25-23-19-14-8-2;2*1-2;/h60-65H,7-45,50-59H2,1-6H3;2*1H2,2H3;. The van der Waals surface area contributed by atoms with Gasteiger partial charge in [-0.15, -0.1) is 23.7 Å². The molecule has 0 N–H and O–H groups in total. The number of nitrogens with zero attached hydrogens (tertiary/aromatic N) is 2. The quantitative estimate of drug-likeness (QED) is 0.0273. The summed E-state index contributed by atoms with van der Waals surface area (Å²) in [6.07, 6.45) is 62.1. The molecule has 1 aliphatic rings. The normalized spacial score (nSPS) is 12.3. The average Bonchev–Trinajstić information content (AvgIpc) is 3.99. The predicted octanol–water partition coefficient (Wildman–Crippen LogP) is 26.7. The fourth-order valence-corrected chi connectivity index (χ4v) is 12.9. The van der Waals surface area contributed by atoms with Crippen LogP contribution in [0.5, 0.6) is 0 Å². The average molecular weight is 1220 g/mol. The summed E-state index contributed by atoms with van der Waals surface area (Å²) in [4.78, 5) is 2.79. The van der Waals surface area contributed by atoms with Gasteiger partial charge in [0.2, 0.25) is 11.4 Å². The summed E-state index contributed by atoms with van der Waals surface area (Å²) < 4.78 is 1.68. The first-order valence-electron chi connectivity index (χ1n) is 36.0. The fourth-order valence-electron chi connectivity index (χ4n) is 12.1. The van der Waals surface area contributed by atoms with Gasteiger partial charge in [-0.3, -0.25) is 0 Å². The van der Waals surface area contributed by atoms with Gasteiger partial charge in [0.1, 0.15) is 0 Å². The molecule has 2 aromatic rings. The van der Waals surface area contributed by atoms with Gasteiger partial charge in [-0.2, -0.15) is 0 Å². The predicted molar refractivity (Wildman–Crippen MR) is 363 cm³/mol. The Morgan fingerprint density at radius 2 is 0.610 bits per heavy atom. The van der Waals surface area contributed by atoms with Gasteiger partial charge in [0.15, 0.2) is 0 Å². The van der Waals surface area contributed by atoms with E-state index in [9.17, 15) is 5.53 Å². The number of allylic oxidation sites excluding steroid dienone is 2. The third-order valence-electron chi connectivity index (χ3n) is 17.2. The molecule has 0 saturated heterocycles. The molecule has 2 aromatic carbocycles. The Bertz CT molecular complexity index is 2060. The van der Waals surface area contributed by atoms with Crippen molar-refractivity contribution in [2.24, 2.45) is 0 Å². The van der Waals surface area contributed by atoms with Gasteiger partial charge < -0.3 is 5.53 Å². The van der Waals surface area contributed by atoms with Crippen molar-refractivity contribution in [1.29, 1.82) is 0 Å². The van der Waals surface area contributed by atoms with E-state index in [0.717, 1.165) is 100 Å². The van der Waals surface area contributed by atoms with Crippen LogP contribution < -0.4 is 0 Å². The maximum absolute atomic E-state index is 13.0. The van der Waals surface area contributed by atoms with Gasteiger partial charge in [0, 0.05) is 48.0 Å². The molecule has 1 heterocycles. The van der Waals surface area contributed by atoms with E-state index >= 15 is 0 Å². The van der Waals surface area contributed by atoms with Gasteiger partial charge in [0.25, 0.3) is 0 Å². The van der Waals surface area contributed by atoms with E-state index in [2.05, 4.69) is 115 Å². The summed E-state index contributed by atoms with van der Waals surface area (Å²) in [7, 11) is 0. The molecule has 3 rings (SSSR count). The SMILES string of the molecule is CCCCCCCCCCCCCCCCC#CCCc1ccc(CCCCCC)cc1C1=C(CC)C(CCCCC)=C(c2cc(CCCCCC)ccc2CCC#CCCCCCCCCCCCCCCCC)[N+]1=[N-].C[CH2][Pd][CH2]C. The first-order chi connectivity index (χ1) is 40.4. The van der Waals surface area contributed by atoms with Crippen LogP contribution in [-0.2, 0) is 43.7 Å². The first kappa shape index (κ1) is 75.4. The molecule has 1 aliphatic heterocycles. The van der Waals surface area contributed by atoms with Crippen molar-refractivity contribution in [1.82, 2.24) is 0 Å². The molecule has 3 heteroatoms. The molecule has 82 heavy (non-hydrogen) atoms. The first-order valence-corrected chi connectivity index (χ1v) is 38.2. The number of aryl methyl sites for hydroxylation is 4. The zero-order chi connectivity index (χ0) is 59.2. The molecule has 0 saturated carbocycles. The van der Waals surface area contributed by atoms with Crippen LogP contribution >= 0.6 is 0 Å². The Hall–Kier alpha value is -2.70. The third kappa shape index (κ3) is 35.7. The maximum atomic E-state index is 13.0. The molecule has 2 nitrogen and oxygen atoms in total. The zero-order valence-electron chi connectivity index (χ0n) is 55.7. The van der Waals surface area contributed by atoms with Gasteiger partial charge in [0.05, 0.1) is 0 Å². The van der Waals surface area contributed by atoms with E-state index in [-0.39, 0.29) is 0 Å². The number of rotatable bonds is 51. The van der Waals surface area contributed by atoms with Crippen molar-refractivity contribution >= 4 is 11.4 Å².